The van der Waals surface area contributed by atoms with Crippen molar-refractivity contribution in [2.24, 2.45) is 0 Å². The summed E-state index contributed by atoms with van der Waals surface area (Å²) in [6.07, 6.45) is 0. The van der Waals surface area contributed by atoms with Crippen LogP contribution in [-0.2, 0) is 9.59 Å². The highest BCUT2D eigenvalue weighted by Gasteiger charge is 2.22. The second-order valence-corrected chi connectivity index (χ2v) is 5.87. The Hall–Kier alpha value is -1.30. The predicted molar refractivity (Wildman–Crippen MR) is 88.3 cm³/mol. The molecule has 5 nitrogen and oxygen atoms in total. The average Bonchev–Trinajstić information content (AvgIpc) is 2.51. The second kappa shape index (κ2) is 9.11. The van der Waals surface area contributed by atoms with Gasteiger partial charge in [-0.15, -0.1) is 11.6 Å². The zero-order chi connectivity index (χ0) is 16.1. The molecule has 1 aromatic rings. The molecule has 1 heterocycles. The molecule has 7 heteroatoms. The van der Waals surface area contributed by atoms with Crippen LogP contribution in [0.3, 0.4) is 0 Å². The van der Waals surface area contributed by atoms with Crippen LogP contribution in [0.1, 0.15) is 11.1 Å². The molecule has 1 aromatic carbocycles. The lowest BCUT2D eigenvalue weighted by atomic mass is 10.1. The largest absolute Gasteiger partial charge is 1.00 e. The Morgan fingerprint density at radius 3 is 2.22 bits per heavy atom. The van der Waals surface area contributed by atoms with E-state index in [9.17, 15) is 9.59 Å². The lowest BCUT2D eigenvalue weighted by Crippen LogP contribution is -3.00. The van der Waals surface area contributed by atoms with Gasteiger partial charge in [-0.25, -0.2) is 0 Å². The van der Waals surface area contributed by atoms with Crippen LogP contribution < -0.4 is 17.7 Å². The number of benzene rings is 1. The average molecular weight is 359 g/mol. The highest BCUT2D eigenvalue weighted by atomic mass is 35.5. The third kappa shape index (κ3) is 5.37. The van der Waals surface area contributed by atoms with Gasteiger partial charge in [0.25, 0.3) is 0 Å². The van der Waals surface area contributed by atoms with Crippen LogP contribution in [0.4, 0.5) is 5.69 Å². The Balaban J connectivity index is 0.00000264. The summed E-state index contributed by atoms with van der Waals surface area (Å²) < 4.78 is 0. The molecule has 23 heavy (non-hydrogen) atoms. The van der Waals surface area contributed by atoms with E-state index in [0.717, 1.165) is 16.8 Å². The maximum absolute atomic E-state index is 12.2. The van der Waals surface area contributed by atoms with Gasteiger partial charge >= 0.3 is 0 Å². The van der Waals surface area contributed by atoms with Crippen LogP contribution in [0.2, 0.25) is 0 Å². The van der Waals surface area contributed by atoms with E-state index in [2.05, 4.69) is 10.2 Å². The molecule has 2 rings (SSSR count). The molecular formula is C16H22Cl2N3O2-. The fourth-order valence-electron chi connectivity index (χ4n) is 2.63. The van der Waals surface area contributed by atoms with E-state index in [4.69, 9.17) is 11.6 Å². The second-order valence-electron chi connectivity index (χ2n) is 5.61. The zero-order valence-electron chi connectivity index (χ0n) is 13.4. The van der Waals surface area contributed by atoms with Gasteiger partial charge < -0.3 is 22.6 Å². The lowest BCUT2D eigenvalue weighted by Gasteiger charge is -2.34. The molecule has 1 saturated heterocycles. The normalized spacial score (nSPS) is 15.0. The minimum atomic E-state index is -0.0405. The number of carbonyl (C=O) groups is 2. The third-order valence-corrected chi connectivity index (χ3v) is 4.18. The van der Waals surface area contributed by atoms with Crippen molar-refractivity contribution in [2.75, 3.05) is 43.9 Å². The molecule has 128 valence electrons. The number of rotatable bonds is 4. The monoisotopic (exact) mass is 358 g/mol. The first-order valence-corrected chi connectivity index (χ1v) is 7.97. The summed E-state index contributed by atoms with van der Waals surface area (Å²) in [4.78, 5) is 27.5. The summed E-state index contributed by atoms with van der Waals surface area (Å²) in [6.45, 7) is 6.96. The number of nitrogens with one attached hydrogen (secondary N) is 1. The number of nitrogens with zero attached hydrogens (tertiary/aromatic N) is 2. The van der Waals surface area contributed by atoms with E-state index < -0.39 is 0 Å². The molecule has 0 radical (unpaired) electrons. The first-order valence-electron chi connectivity index (χ1n) is 7.43. The maximum atomic E-state index is 12.2. The Kier molecular flexibility index (Phi) is 7.82. The zero-order valence-corrected chi connectivity index (χ0v) is 15.0. The van der Waals surface area contributed by atoms with Crippen molar-refractivity contribution in [3.8, 4) is 0 Å². The Morgan fingerprint density at radius 2 is 1.70 bits per heavy atom. The first-order chi connectivity index (χ1) is 10.5. The molecule has 0 spiro atoms. The topological polar surface area (TPSA) is 52.7 Å². The molecule has 1 aliphatic heterocycles. The van der Waals surface area contributed by atoms with Crippen molar-refractivity contribution in [1.29, 1.82) is 0 Å². The van der Waals surface area contributed by atoms with Crippen molar-refractivity contribution in [2.45, 2.75) is 13.8 Å². The number of hydrogen-bond donors (Lipinski definition) is 1. The fourth-order valence-corrected chi connectivity index (χ4v) is 2.80. The minimum absolute atomic E-state index is 0. The van der Waals surface area contributed by atoms with Crippen LogP contribution in [-0.4, -0.2) is 60.2 Å². The van der Waals surface area contributed by atoms with Crippen LogP contribution in [0.5, 0.6) is 0 Å². The third-order valence-electron chi connectivity index (χ3n) is 3.95. The van der Waals surface area contributed by atoms with Crippen LogP contribution in [0, 0.1) is 13.8 Å². The van der Waals surface area contributed by atoms with E-state index in [1.165, 1.54) is 0 Å². The number of aryl methyl sites for hydroxylation is 2. The quantitative estimate of drug-likeness (QED) is 0.675. The molecule has 0 aliphatic carbocycles. The van der Waals surface area contributed by atoms with Crippen molar-refractivity contribution in [3.05, 3.63) is 29.3 Å². The molecule has 0 bridgehead atoms. The predicted octanol–water partition coefficient (Wildman–Crippen LogP) is -1.37. The van der Waals surface area contributed by atoms with E-state index in [0.29, 0.717) is 32.7 Å². The Labute approximate surface area is 148 Å². The summed E-state index contributed by atoms with van der Waals surface area (Å²) in [5.74, 6) is -0.0385. The number of amides is 2. The van der Waals surface area contributed by atoms with Crippen LogP contribution >= 0.6 is 11.6 Å². The highest BCUT2D eigenvalue weighted by molar-refractivity contribution is 6.27. The van der Waals surface area contributed by atoms with Gasteiger partial charge in [0.15, 0.2) is 0 Å². The van der Waals surface area contributed by atoms with Gasteiger partial charge in [-0.3, -0.25) is 14.5 Å². The molecule has 2 amide bonds. The molecule has 0 atom stereocenters. The number of alkyl halides is 1. The Bertz CT molecular complexity index is 538. The SMILES string of the molecule is Cc1cccc(C)c1NC(=O)CN1CCN(C(=O)CCl)CC1.[Cl-]. The first kappa shape index (κ1) is 19.7. The van der Waals surface area contributed by atoms with Gasteiger partial charge in [0.05, 0.1) is 6.54 Å². The standard InChI is InChI=1S/C16H22ClN3O2.ClH/c1-12-4-3-5-13(2)16(12)18-14(21)11-19-6-8-20(9-7-19)15(22)10-17;/h3-5H,6-11H2,1-2H3,(H,18,21);1H/p-1. The van der Waals surface area contributed by atoms with Crippen LogP contribution in [0.25, 0.3) is 0 Å². The summed E-state index contributed by atoms with van der Waals surface area (Å²) in [5.41, 5.74) is 3.01. The molecular weight excluding hydrogens is 337 g/mol. The number of hydrogen-bond acceptors (Lipinski definition) is 3. The molecule has 0 aromatic heterocycles. The van der Waals surface area contributed by atoms with Crippen molar-refractivity contribution in [3.63, 3.8) is 0 Å². The van der Waals surface area contributed by atoms with Gasteiger partial charge in [0, 0.05) is 31.9 Å². The summed E-state index contributed by atoms with van der Waals surface area (Å²) in [5, 5.41) is 2.99. The number of carbonyl (C=O) groups excluding carboxylic acids is 2. The fraction of sp³-hybridized carbons (Fsp3) is 0.500. The van der Waals surface area contributed by atoms with Crippen molar-refractivity contribution >= 4 is 29.1 Å². The van der Waals surface area contributed by atoms with Gasteiger partial charge in [-0.2, -0.15) is 0 Å². The van der Waals surface area contributed by atoms with Crippen LogP contribution in [0.15, 0.2) is 18.2 Å². The van der Waals surface area contributed by atoms with Gasteiger partial charge in [-0.1, -0.05) is 18.2 Å². The minimum Gasteiger partial charge on any atom is -1.00 e. The summed E-state index contributed by atoms with van der Waals surface area (Å²) in [7, 11) is 0. The number of halogens is 2. The van der Waals surface area contributed by atoms with Crippen molar-refractivity contribution in [1.82, 2.24) is 9.80 Å². The van der Waals surface area contributed by atoms with Gasteiger partial charge in [0.1, 0.15) is 5.88 Å². The van der Waals surface area contributed by atoms with E-state index in [1.54, 1.807) is 4.90 Å². The van der Waals surface area contributed by atoms with E-state index in [-0.39, 0.29) is 30.1 Å². The summed E-state index contributed by atoms with van der Waals surface area (Å²) in [6, 6.07) is 5.95. The van der Waals surface area contributed by atoms with Gasteiger partial charge in [0.2, 0.25) is 11.8 Å². The molecule has 1 aliphatic rings. The maximum Gasteiger partial charge on any atom is 0.238 e. The van der Waals surface area contributed by atoms with Gasteiger partial charge in [-0.05, 0) is 25.0 Å². The lowest BCUT2D eigenvalue weighted by molar-refractivity contribution is -0.130. The van der Waals surface area contributed by atoms with Crippen molar-refractivity contribution < 1.29 is 22.0 Å². The summed E-state index contributed by atoms with van der Waals surface area (Å²) >= 11 is 5.56. The molecule has 1 N–H and O–H groups in total. The smallest absolute Gasteiger partial charge is 0.238 e. The highest BCUT2D eigenvalue weighted by Crippen LogP contribution is 2.19. The van der Waals surface area contributed by atoms with E-state index in [1.807, 2.05) is 32.0 Å². The molecule has 0 unspecified atom stereocenters. The molecule has 0 saturated carbocycles. The number of para-hydroxylation sites is 1. The van der Waals surface area contributed by atoms with E-state index >= 15 is 0 Å². The number of piperazine rings is 1. The molecule has 1 fully saturated rings. The Morgan fingerprint density at radius 1 is 1.13 bits per heavy atom. The number of anilines is 1.